The van der Waals surface area contributed by atoms with Crippen LogP contribution in [0.2, 0.25) is 5.02 Å². The van der Waals surface area contributed by atoms with Gasteiger partial charge in [0.05, 0.1) is 17.6 Å². The summed E-state index contributed by atoms with van der Waals surface area (Å²) in [6.07, 6.45) is 1.75. The molecular weight excluding hydrogens is 304 g/mol. The van der Waals surface area contributed by atoms with Crippen LogP contribution in [0.15, 0.2) is 28.9 Å². The maximum atomic E-state index is 5.99. The maximum absolute atomic E-state index is 5.99. The molecule has 0 unspecified atom stereocenters. The van der Waals surface area contributed by atoms with Crippen LogP contribution in [0.1, 0.15) is 12.6 Å². The van der Waals surface area contributed by atoms with Gasteiger partial charge in [0.25, 0.3) is 0 Å². The third-order valence-corrected chi connectivity index (χ3v) is 3.22. The average Bonchev–Trinajstić information content (AvgIpc) is 2.77. The molecule has 0 aliphatic carbocycles. The summed E-state index contributed by atoms with van der Waals surface area (Å²) in [6.45, 7) is 3.69. The van der Waals surface area contributed by atoms with Crippen molar-refractivity contribution in [2.45, 2.75) is 13.5 Å². The molecule has 0 spiro atoms. The topological polar surface area (TPSA) is 42.7 Å². The van der Waals surface area contributed by atoms with Gasteiger partial charge >= 0.3 is 0 Å². The first-order valence-electron chi connectivity index (χ1n) is 5.28. The van der Waals surface area contributed by atoms with Crippen LogP contribution in [-0.4, -0.2) is 21.5 Å². The van der Waals surface area contributed by atoms with Gasteiger partial charge in [-0.2, -0.15) is 0 Å². The fourth-order valence-corrected chi connectivity index (χ4v) is 2.06. The van der Waals surface area contributed by atoms with Crippen LogP contribution in [0.3, 0.4) is 0 Å². The van der Waals surface area contributed by atoms with Crippen molar-refractivity contribution in [1.29, 1.82) is 0 Å². The Bertz CT molecular complexity index is 512. The largest absolute Gasteiger partial charge is 0.311 e. The van der Waals surface area contributed by atoms with E-state index in [0.717, 1.165) is 28.9 Å². The highest BCUT2D eigenvalue weighted by Gasteiger charge is 2.09. The molecule has 1 aromatic heterocycles. The minimum Gasteiger partial charge on any atom is -0.311 e. The fourth-order valence-electron chi connectivity index (χ4n) is 1.48. The summed E-state index contributed by atoms with van der Waals surface area (Å²) in [7, 11) is 0. The third kappa shape index (κ3) is 2.86. The summed E-state index contributed by atoms with van der Waals surface area (Å²) in [5.74, 6) is 0. The molecule has 90 valence electrons. The first-order chi connectivity index (χ1) is 8.22. The molecule has 0 aliphatic heterocycles. The lowest BCUT2D eigenvalue weighted by molar-refractivity contribution is 0.671. The molecule has 4 nitrogen and oxygen atoms in total. The Kier molecular flexibility index (Phi) is 4.15. The van der Waals surface area contributed by atoms with Crippen LogP contribution in [0.4, 0.5) is 0 Å². The van der Waals surface area contributed by atoms with E-state index in [1.165, 1.54) is 0 Å². The Morgan fingerprint density at radius 1 is 1.47 bits per heavy atom. The first-order valence-corrected chi connectivity index (χ1v) is 6.45. The Hall–Kier alpha value is -0.910. The smallest absolute Gasteiger partial charge is 0.0824 e. The Balaban J connectivity index is 2.38. The normalized spacial score (nSPS) is 10.8. The zero-order chi connectivity index (χ0) is 12.3. The van der Waals surface area contributed by atoms with Crippen LogP contribution in [0, 0.1) is 0 Å². The number of aromatic nitrogens is 3. The summed E-state index contributed by atoms with van der Waals surface area (Å²) in [5.41, 5.74) is 1.89. The highest BCUT2D eigenvalue weighted by atomic mass is 79.9. The van der Waals surface area contributed by atoms with Crippen LogP contribution in [0.5, 0.6) is 0 Å². The molecule has 1 aromatic carbocycles. The summed E-state index contributed by atoms with van der Waals surface area (Å²) in [5, 5.41) is 11.9. The van der Waals surface area contributed by atoms with Crippen LogP contribution in [0.25, 0.3) is 5.69 Å². The average molecular weight is 316 g/mol. The summed E-state index contributed by atoms with van der Waals surface area (Å²) in [4.78, 5) is 0. The van der Waals surface area contributed by atoms with E-state index in [4.69, 9.17) is 11.6 Å². The van der Waals surface area contributed by atoms with E-state index in [0.29, 0.717) is 5.02 Å². The lowest BCUT2D eigenvalue weighted by atomic mass is 10.3. The van der Waals surface area contributed by atoms with Crippen LogP contribution in [-0.2, 0) is 6.54 Å². The highest BCUT2D eigenvalue weighted by molar-refractivity contribution is 9.10. The Morgan fingerprint density at radius 2 is 2.29 bits per heavy atom. The summed E-state index contributed by atoms with van der Waals surface area (Å²) in [6, 6.07) is 5.59. The van der Waals surface area contributed by atoms with Gasteiger partial charge in [0.2, 0.25) is 0 Å². The number of rotatable bonds is 4. The maximum Gasteiger partial charge on any atom is 0.0824 e. The minimum atomic E-state index is 0.674. The molecule has 6 heteroatoms. The molecule has 0 radical (unpaired) electrons. The predicted octanol–water partition coefficient (Wildman–Crippen LogP) is 2.79. The second-order valence-corrected chi connectivity index (χ2v) is 4.80. The molecule has 2 rings (SSSR count). The van der Waals surface area contributed by atoms with Gasteiger partial charge in [-0.25, -0.2) is 4.68 Å². The van der Waals surface area contributed by atoms with E-state index in [1.54, 1.807) is 10.9 Å². The molecule has 1 N–H and O–H groups in total. The molecule has 0 atom stereocenters. The van der Waals surface area contributed by atoms with Crippen molar-refractivity contribution in [1.82, 2.24) is 20.3 Å². The zero-order valence-electron chi connectivity index (χ0n) is 9.32. The number of hydrogen-bond acceptors (Lipinski definition) is 3. The van der Waals surface area contributed by atoms with E-state index in [2.05, 4.69) is 38.5 Å². The van der Waals surface area contributed by atoms with Gasteiger partial charge in [-0.05, 0) is 40.7 Å². The second-order valence-electron chi connectivity index (χ2n) is 3.51. The number of halogens is 2. The minimum absolute atomic E-state index is 0.674. The van der Waals surface area contributed by atoms with E-state index >= 15 is 0 Å². The molecule has 0 bridgehead atoms. The van der Waals surface area contributed by atoms with Crippen molar-refractivity contribution >= 4 is 27.5 Å². The monoisotopic (exact) mass is 314 g/mol. The van der Waals surface area contributed by atoms with Crippen molar-refractivity contribution < 1.29 is 0 Å². The Morgan fingerprint density at radius 3 is 3.06 bits per heavy atom. The lowest BCUT2D eigenvalue weighted by Crippen LogP contribution is -2.15. The van der Waals surface area contributed by atoms with Crippen LogP contribution < -0.4 is 5.32 Å². The molecule has 0 saturated carbocycles. The van der Waals surface area contributed by atoms with Crippen molar-refractivity contribution in [2.75, 3.05) is 6.54 Å². The molecule has 0 aliphatic rings. The SMILES string of the molecule is CCNCc1cnnn1-c1cc(Cl)ccc1Br. The number of hydrogen-bond donors (Lipinski definition) is 1. The second kappa shape index (κ2) is 5.62. The molecule has 0 amide bonds. The predicted molar refractivity (Wildman–Crippen MR) is 71.4 cm³/mol. The van der Waals surface area contributed by atoms with Crippen molar-refractivity contribution in [3.63, 3.8) is 0 Å². The molecule has 2 aromatic rings. The quantitative estimate of drug-likeness (QED) is 0.943. The van der Waals surface area contributed by atoms with Gasteiger partial charge in [-0.15, -0.1) is 5.10 Å². The van der Waals surface area contributed by atoms with E-state index in [-0.39, 0.29) is 0 Å². The van der Waals surface area contributed by atoms with Gasteiger partial charge in [-0.3, -0.25) is 0 Å². The van der Waals surface area contributed by atoms with Crippen LogP contribution >= 0.6 is 27.5 Å². The standard InChI is InChI=1S/C11H12BrClN4/c1-2-14-6-9-7-15-16-17(9)11-5-8(13)3-4-10(11)12/h3-5,7,14H,2,6H2,1H3. The van der Waals surface area contributed by atoms with Crippen molar-refractivity contribution in [2.24, 2.45) is 0 Å². The van der Waals surface area contributed by atoms with Gasteiger partial charge in [-0.1, -0.05) is 23.7 Å². The lowest BCUT2D eigenvalue weighted by Gasteiger charge is -2.08. The van der Waals surface area contributed by atoms with Gasteiger partial charge < -0.3 is 5.32 Å². The zero-order valence-corrected chi connectivity index (χ0v) is 11.7. The summed E-state index contributed by atoms with van der Waals surface area (Å²) >= 11 is 9.48. The Labute approximate surface area is 113 Å². The van der Waals surface area contributed by atoms with E-state index < -0.39 is 0 Å². The van der Waals surface area contributed by atoms with Crippen molar-refractivity contribution in [3.8, 4) is 5.69 Å². The molecule has 1 heterocycles. The number of benzene rings is 1. The molecule has 0 saturated heterocycles. The number of nitrogens with zero attached hydrogens (tertiary/aromatic N) is 3. The van der Waals surface area contributed by atoms with E-state index in [1.807, 2.05) is 18.2 Å². The number of nitrogens with one attached hydrogen (secondary N) is 1. The fraction of sp³-hybridized carbons (Fsp3) is 0.273. The molecule has 17 heavy (non-hydrogen) atoms. The van der Waals surface area contributed by atoms with E-state index in [9.17, 15) is 0 Å². The van der Waals surface area contributed by atoms with Crippen molar-refractivity contribution in [3.05, 3.63) is 39.6 Å². The third-order valence-electron chi connectivity index (χ3n) is 2.31. The highest BCUT2D eigenvalue weighted by Crippen LogP contribution is 2.24. The molecule has 0 fully saturated rings. The van der Waals surface area contributed by atoms with Gasteiger partial charge in [0.15, 0.2) is 0 Å². The summed E-state index contributed by atoms with van der Waals surface area (Å²) < 4.78 is 2.71. The van der Waals surface area contributed by atoms with Gasteiger partial charge in [0, 0.05) is 16.0 Å². The molecular formula is C11H12BrClN4. The van der Waals surface area contributed by atoms with Gasteiger partial charge in [0.1, 0.15) is 0 Å². The first kappa shape index (κ1) is 12.5.